The third-order valence-corrected chi connectivity index (χ3v) is 4.68. The monoisotopic (exact) mass is 362 g/mol. The maximum Gasteiger partial charge on any atom is 0.259 e. The molecule has 0 aliphatic carbocycles. The summed E-state index contributed by atoms with van der Waals surface area (Å²) in [6.45, 7) is 3.81. The van der Waals surface area contributed by atoms with Crippen molar-refractivity contribution in [3.63, 3.8) is 0 Å². The lowest BCUT2D eigenvalue weighted by molar-refractivity contribution is -0.116. The van der Waals surface area contributed by atoms with Crippen LogP contribution in [0.15, 0.2) is 61.2 Å². The number of amides is 2. The molecule has 0 saturated heterocycles. The Morgan fingerprint density at radius 1 is 1.08 bits per heavy atom. The van der Waals surface area contributed by atoms with Crippen LogP contribution in [0.25, 0.3) is 17.1 Å². The van der Waals surface area contributed by atoms with Gasteiger partial charge in [-0.15, -0.1) is 0 Å². The Morgan fingerprint density at radius 3 is 2.50 bits per heavy atom. The van der Waals surface area contributed by atoms with Crippen molar-refractivity contribution in [3.05, 3.63) is 72.3 Å². The minimum Gasteiger partial charge on any atom is -0.299 e. The highest BCUT2D eigenvalue weighted by atomic mass is 32.1. The second-order valence-electron chi connectivity index (χ2n) is 5.72. The fourth-order valence-electron chi connectivity index (χ4n) is 2.78. The first-order chi connectivity index (χ1) is 12.6. The molecule has 2 aromatic carbocycles. The number of hydrogen-bond donors (Lipinski definition) is 1. The molecule has 0 fully saturated rings. The summed E-state index contributed by atoms with van der Waals surface area (Å²) < 4.78 is 4.25. The maximum absolute atomic E-state index is 12.4. The largest absolute Gasteiger partial charge is 0.299 e. The van der Waals surface area contributed by atoms with Crippen molar-refractivity contribution in [1.82, 2.24) is 14.3 Å². The van der Waals surface area contributed by atoms with Crippen LogP contribution in [0.2, 0.25) is 0 Å². The van der Waals surface area contributed by atoms with E-state index in [4.69, 9.17) is 0 Å². The van der Waals surface area contributed by atoms with E-state index in [0.717, 1.165) is 22.7 Å². The smallest absolute Gasteiger partial charge is 0.259 e. The van der Waals surface area contributed by atoms with Gasteiger partial charge in [-0.05, 0) is 6.07 Å². The SMILES string of the molecule is C=C1c2ccccc2C(=O)N1CC(=O)Nc1nc(-c2ccccc2)ns1. The fourth-order valence-corrected chi connectivity index (χ4v) is 3.39. The molecule has 1 aromatic heterocycles. The van der Waals surface area contributed by atoms with Gasteiger partial charge in [-0.2, -0.15) is 9.36 Å². The van der Waals surface area contributed by atoms with Crippen LogP contribution in [0, 0.1) is 0 Å². The minimum absolute atomic E-state index is 0.118. The summed E-state index contributed by atoms with van der Waals surface area (Å²) >= 11 is 1.10. The Morgan fingerprint density at radius 2 is 1.77 bits per heavy atom. The Bertz CT molecular complexity index is 978. The molecular weight excluding hydrogens is 348 g/mol. The van der Waals surface area contributed by atoms with E-state index in [2.05, 4.69) is 21.3 Å². The number of carbonyl (C=O) groups is 2. The van der Waals surface area contributed by atoms with Crippen molar-refractivity contribution in [2.45, 2.75) is 0 Å². The van der Waals surface area contributed by atoms with Crippen LogP contribution in [-0.4, -0.2) is 32.6 Å². The molecule has 0 spiro atoms. The minimum atomic E-state index is -0.344. The first-order valence-electron chi connectivity index (χ1n) is 7.92. The van der Waals surface area contributed by atoms with Crippen LogP contribution in [0.5, 0.6) is 0 Å². The van der Waals surface area contributed by atoms with Gasteiger partial charge in [-0.25, -0.2) is 0 Å². The topological polar surface area (TPSA) is 75.2 Å². The molecular formula is C19H14N4O2S. The molecule has 0 saturated carbocycles. The molecule has 0 atom stereocenters. The van der Waals surface area contributed by atoms with Crippen molar-refractivity contribution in [2.75, 3.05) is 11.9 Å². The Balaban J connectivity index is 1.45. The Hall–Kier alpha value is -3.32. The first kappa shape index (κ1) is 16.2. The quantitative estimate of drug-likeness (QED) is 0.773. The summed E-state index contributed by atoms with van der Waals surface area (Å²) in [5, 5.41) is 3.09. The maximum atomic E-state index is 12.4. The van der Waals surface area contributed by atoms with Gasteiger partial charge in [0.25, 0.3) is 5.91 Å². The third kappa shape index (κ3) is 2.89. The molecule has 128 valence electrons. The third-order valence-electron chi connectivity index (χ3n) is 4.05. The van der Waals surface area contributed by atoms with Gasteiger partial charge in [0.1, 0.15) is 6.54 Å². The number of rotatable bonds is 4. The molecule has 1 aliphatic rings. The summed E-state index contributed by atoms with van der Waals surface area (Å²) in [5.41, 5.74) is 2.73. The summed E-state index contributed by atoms with van der Waals surface area (Å²) in [4.78, 5) is 30.5. The van der Waals surface area contributed by atoms with Gasteiger partial charge < -0.3 is 0 Å². The summed E-state index contributed by atoms with van der Waals surface area (Å²) in [7, 11) is 0. The predicted molar refractivity (Wildman–Crippen MR) is 100 cm³/mol. The molecule has 26 heavy (non-hydrogen) atoms. The van der Waals surface area contributed by atoms with Crippen molar-refractivity contribution >= 4 is 34.2 Å². The predicted octanol–water partition coefficient (Wildman–Crippen LogP) is 3.27. The van der Waals surface area contributed by atoms with E-state index in [1.54, 1.807) is 12.1 Å². The zero-order valence-corrected chi connectivity index (χ0v) is 14.5. The summed E-state index contributed by atoms with van der Waals surface area (Å²) in [6, 6.07) is 16.7. The molecule has 0 radical (unpaired) electrons. The van der Waals surface area contributed by atoms with E-state index >= 15 is 0 Å². The van der Waals surface area contributed by atoms with E-state index in [9.17, 15) is 9.59 Å². The van der Waals surface area contributed by atoms with Crippen molar-refractivity contribution in [3.8, 4) is 11.4 Å². The van der Waals surface area contributed by atoms with Crippen LogP contribution in [0.3, 0.4) is 0 Å². The lowest BCUT2D eigenvalue weighted by Crippen LogP contribution is -2.32. The van der Waals surface area contributed by atoms with Crippen molar-refractivity contribution < 1.29 is 9.59 Å². The fraction of sp³-hybridized carbons (Fsp3) is 0.0526. The van der Waals surface area contributed by atoms with E-state index in [-0.39, 0.29) is 18.4 Å². The molecule has 2 amide bonds. The van der Waals surface area contributed by atoms with E-state index < -0.39 is 0 Å². The number of nitrogens with one attached hydrogen (secondary N) is 1. The lowest BCUT2D eigenvalue weighted by atomic mass is 10.1. The van der Waals surface area contributed by atoms with Crippen LogP contribution in [-0.2, 0) is 4.79 Å². The molecule has 1 aliphatic heterocycles. The molecule has 2 heterocycles. The van der Waals surface area contributed by atoms with Gasteiger partial charge in [0.05, 0.1) is 0 Å². The van der Waals surface area contributed by atoms with Crippen molar-refractivity contribution in [1.29, 1.82) is 0 Å². The molecule has 6 nitrogen and oxygen atoms in total. The molecule has 0 bridgehead atoms. The van der Waals surface area contributed by atoms with Gasteiger partial charge in [0.15, 0.2) is 5.82 Å². The Labute approximate surface area is 154 Å². The zero-order valence-electron chi connectivity index (χ0n) is 13.7. The van der Waals surface area contributed by atoms with Gasteiger partial charge in [-0.1, -0.05) is 55.1 Å². The van der Waals surface area contributed by atoms with Gasteiger partial charge >= 0.3 is 0 Å². The van der Waals surface area contributed by atoms with E-state index in [1.807, 2.05) is 42.5 Å². The summed E-state index contributed by atoms with van der Waals surface area (Å²) in [5.74, 6) is -0.00831. The standard InChI is InChI=1S/C19H14N4O2S/c1-12-14-9-5-6-10-15(14)18(25)23(12)11-16(24)20-19-21-17(22-26-19)13-7-3-2-4-8-13/h2-10H,1,11H2,(H,20,21,22,24). The molecule has 3 aromatic rings. The highest BCUT2D eigenvalue weighted by molar-refractivity contribution is 7.10. The van der Waals surface area contributed by atoms with E-state index in [1.165, 1.54) is 4.90 Å². The van der Waals surface area contributed by atoms with E-state index in [0.29, 0.717) is 22.2 Å². The highest BCUT2D eigenvalue weighted by Crippen LogP contribution is 2.31. The zero-order chi connectivity index (χ0) is 18.1. The first-order valence-corrected chi connectivity index (χ1v) is 8.70. The van der Waals surface area contributed by atoms with Crippen molar-refractivity contribution in [2.24, 2.45) is 0 Å². The van der Waals surface area contributed by atoms with Crippen LogP contribution in [0.4, 0.5) is 5.13 Å². The van der Waals surface area contributed by atoms with Gasteiger partial charge in [0.2, 0.25) is 11.0 Å². The Kier molecular flexibility index (Phi) is 4.06. The van der Waals surface area contributed by atoms with Gasteiger partial charge in [-0.3, -0.25) is 19.8 Å². The molecule has 4 rings (SSSR count). The van der Waals surface area contributed by atoms with Crippen LogP contribution < -0.4 is 5.32 Å². The number of nitrogens with zero attached hydrogens (tertiary/aromatic N) is 3. The molecule has 0 unspecified atom stereocenters. The highest BCUT2D eigenvalue weighted by Gasteiger charge is 2.32. The molecule has 7 heteroatoms. The average molecular weight is 362 g/mol. The number of anilines is 1. The number of fused-ring (bicyclic) bond motifs is 1. The number of carbonyl (C=O) groups excluding carboxylic acids is 2. The number of aromatic nitrogens is 2. The second-order valence-corrected chi connectivity index (χ2v) is 6.47. The lowest BCUT2D eigenvalue weighted by Gasteiger charge is -2.16. The average Bonchev–Trinajstić information content (AvgIpc) is 3.22. The number of benzene rings is 2. The second kappa shape index (κ2) is 6.53. The van der Waals surface area contributed by atoms with Crippen LogP contribution in [0.1, 0.15) is 15.9 Å². The van der Waals surface area contributed by atoms with Gasteiger partial charge in [0, 0.05) is 33.9 Å². The number of hydrogen-bond acceptors (Lipinski definition) is 5. The molecule has 1 N–H and O–H groups in total. The van der Waals surface area contributed by atoms with Crippen LogP contribution >= 0.6 is 11.5 Å². The normalized spacial score (nSPS) is 13.0. The summed E-state index contributed by atoms with van der Waals surface area (Å²) in [6.07, 6.45) is 0.